The molecule has 0 aliphatic carbocycles. The molecule has 0 saturated carbocycles. The number of halogens is 6. The van der Waals surface area contributed by atoms with Crippen LogP contribution in [0.5, 0.6) is 0 Å². The average Bonchev–Trinajstić information content (AvgIpc) is 2.23. The smallest absolute Gasteiger partial charge is 0.292 e. The molecule has 1 aromatic rings. The number of rotatable bonds is 4. The Labute approximate surface area is 92.0 Å². The Morgan fingerprint density at radius 1 is 1.18 bits per heavy atom. The van der Waals surface area contributed by atoms with E-state index < -0.39 is 36.2 Å². The molecule has 94 valence electrons. The molecule has 0 N–H and O–H groups in total. The largest absolute Gasteiger partial charge is 0.364 e. The summed E-state index contributed by atoms with van der Waals surface area (Å²) in [7, 11) is 0. The van der Waals surface area contributed by atoms with Crippen LogP contribution in [-0.2, 0) is 11.2 Å². The predicted octanol–water partition coefficient (Wildman–Crippen LogP) is 2.98. The standard InChI is InChI=1S/C10H6F6O/c11-6-2-1-5(3-7(6)12)4-8(17)10(15,16)9(13)14/h1-3,9H,4H2. The van der Waals surface area contributed by atoms with Gasteiger partial charge in [-0.25, -0.2) is 17.6 Å². The molecule has 17 heavy (non-hydrogen) atoms. The van der Waals surface area contributed by atoms with Gasteiger partial charge in [0.05, 0.1) is 0 Å². The molecule has 0 saturated heterocycles. The monoisotopic (exact) mass is 256 g/mol. The second-order valence-electron chi connectivity index (χ2n) is 3.27. The lowest BCUT2D eigenvalue weighted by molar-refractivity contribution is -0.166. The Balaban J connectivity index is 2.85. The minimum absolute atomic E-state index is 0.297. The Bertz CT molecular complexity index is 429. The van der Waals surface area contributed by atoms with Gasteiger partial charge in [-0.1, -0.05) is 6.07 Å². The molecule has 0 atom stereocenters. The van der Waals surface area contributed by atoms with E-state index in [1.54, 1.807) is 0 Å². The fourth-order valence-electron chi connectivity index (χ4n) is 1.07. The van der Waals surface area contributed by atoms with Crippen molar-refractivity contribution >= 4 is 5.78 Å². The first kappa shape index (κ1) is 13.5. The van der Waals surface area contributed by atoms with E-state index in [0.717, 1.165) is 6.07 Å². The van der Waals surface area contributed by atoms with Crippen LogP contribution in [-0.4, -0.2) is 18.1 Å². The summed E-state index contributed by atoms with van der Waals surface area (Å²) >= 11 is 0. The third kappa shape index (κ3) is 2.98. The first-order valence-electron chi connectivity index (χ1n) is 4.38. The van der Waals surface area contributed by atoms with Gasteiger partial charge in [0.2, 0.25) is 5.78 Å². The zero-order valence-corrected chi connectivity index (χ0v) is 8.19. The summed E-state index contributed by atoms with van der Waals surface area (Å²) in [6, 6.07) is 2.01. The minimum Gasteiger partial charge on any atom is -0.292 e. The van der Waals surface area contributed by atoms with Gasteiger partial charge < -0.3 is 0 Å². The number of Topliss-reactive ketones (excluding diaryl/α,β-unsaturated/α-hetero) is 1. The molecule has 0 aliphatic rings. The topological polar surface area (TPSA) is 17.1 Å². The van der Waals surface area contributed by atoms with Crippen LogP contribution in [0, 0.1) is 11.6 Å². The quantitative estimate of drug-likeness (QED) is 0.757. The minimum atomic E-state index is -4.79. The maximum atomic E-state index is 12.7. The fourth-order valence-corrected chi connectivity index (χ4v) is 1.07. The molecule has 1 nitrogen and oxygen atoms in total. The number of hydrogen-bond donors (Lipinski definition) is 0. The van der Waals surface area contributed by atoms with E-state index in [1.807, 2.05) is 0 Å². The highest BCUT2D eigenvalue weighted by Gasteiger charge is 2.47. The van der Waals surface area contributed by atoms with Crippen LogP contribution in [0.1, 0.15) is 5.56 Å². The maximum absolute atomic E-state index is 12.7. The molecular formula is C10H6F6O. The normalized spacial score (nSPS) is 11.9. The molecule has 0 aromatic heterocycles. The van der Waals surface area contributed by atoms with Crippen molar-refractivity contribution in [2.75, 3.05) is 0 Å². The van der Waals surface area contributed by atoms with Gasteiger partial charge in [-0.15, -0.1) is 0 Å². The Morgan fingerprint density at radius 3 is 2.24 bits per heavy atom. The van der Waals surface area contributed by atoms with E-state index in [1.165, 1.54) is 0 Å². The fraction of sp³-hybridized carbons (Fsp3) is 0.300. The molecule has 1 aromatic carbocycles. The first-order chi connectivity index (χ1) is 7.75. The van der Waals surface area contributed by atoms with Crippen molar-refractivity contribution in [3.8, 4) is 0 Å². The molecule has 0 bridgehead atoms. The van der Waals surface area contributed by atoms with Gasteiger partial charge >= 0.3 is 12.3 Å². The average molecular weight is 256 g/mol. The number of carbonyl (C=O) groups is 1. The Hall–Kier alpha value is -1.53. The highest BCUT2D eigenvalue weighted by molar-refractivity contribution is 5.88. The molecule has 1 rings (SSSR count). The van der Waals surface area contributed by atoms with Crippen LogP contribution < -0.4 is 0 Å². The third-order valence-corrected chi connectivity index (χ3v) is 1.99. The van der Waals surface area contributed by atoms with Gasteiger partial charge in [0.1, 0.15) is 0 Å². The summed E-state index contributed by atoms with van der Waals surface area (Å²) in [5.41, 5.74) is -0.297. The van der Waals surface area contributed by atoms with Gasteiger partial charge in [0, 0.05) is 6.42 Å². The zero-order valence-electron chi connectivity index (χ0n) is 8.19. The Morgan fingerprint density at radius 2 is 1.76 bits per heavy atom. The van der Waals surface area contributed by atoms with Crippen LogP contribution in [0.15, 0.2) is 18.2 Å². The summed E-state index contributed by atoms with van der Waals surface area (Å²) in [5.74, 6) is -9.39. The van der Waals surface area contributed by atoms with Gasteiger partial charge in [-0.05, 0) is 17.7 Å². The Kier molecular flexibility index (Phi) is 3.79. The molecule has 0 spiro atoms. The number of ketones is 1. The van der Waals surface area contributed by atoms with E-state index in [-0.39, 0.29) is 5.56 Å². The van der Waals surface area contributed by atoms with Crippen LogP contribution in [0.4, 0.5) is 26.3 Å². The summed E-state index contributed by atoms with van der Waals surface area (Å²) in [4.78, 5) is 10.8. The van der Waals surface area contributed by atoms with Crippen molar-refractivity contribution in [1.29, 1.82) is 0 Å². The molecule has 0 radical (unpaired) electrons. The lowest BCUT2D eigenvalue weighted by Crippen LogP contribution is -2.37. The van der Waals surface area contributed by atoms with Crippen LogP contribution in [0.25, 0.3) is 0 Å². The van der Waals surface area contributed by atoms with E-state index in [0.29, 0.717) is 12.1 Å². The van der Waals surface area contributed by atoms with Crippen LogP contribution >= 0.6 is 0 Å². The van der Waals surface area contributed by atoms with Crippen molar-refractivity contribution in [1.82, 2.24) is 0 Å². The van der Waals surface area contributed by atoms with E-state index in [4.69, 9.17) is 0 Å². The number of hydrogen-bond acceptors (Lipinski definition) is 1. The third-order valence-electron chi connectivity index (χ3n) is 1.99. The molecule has 0 unspecified atom stereocenters. The summed E-state index contributed by atoms with van der Waals surface area (Å²) < 4.78 is 73.8. The van der Waals surface area contributed by atoms with Crippen molar-refractivity contribution in [3.05, 3.63) is 35.4 Å². The summed E-state index contributed by atoms with van der Waals surface area (Å²) in [6.07, 6.45) is -5.21. The summed E-state index contributed by atoms with van der Waals surface area (Å²) in [5, 5.41) is 0. The molecular weight excluding hydrogens is 250 g/mol. The first-order valence-corrected chi connectivity index (χ1v) is 4.38. The van der Waals surface area contributed by atoms with E-state index >= 15 is 0 Å². The highest BCUT2D eigenvalue weighted by atomic mass is 19.3. The molecule has 0 amide bonds. The molecule has 0 heterocycles. The van der Waals surface area contributed by atoms with Gasteiger partial charge in [-0.2, -0.15) is 8.78 Å². The van der Waals surface area contributed by atoms with Crippen molar-refractivity contribution in [2.24, 2.45) is 0 Å². The maximum Gasteiger partial charge on any atom is 0.364 e. The second kappa shape index (κ2) is 4.77. The van der Waals surface area contributed by atoms with E-state index in [2.05, 4.69) is 0 Å². The second-order valence-corrected chi connectivity index (χ2v) is 3.27. The number of benzene rings is 1. The van der Waals surface area contributed by atoms with Crippen molar-refractivity contribution in [3.63, 3.8) is 0 Å². The predicted molar refractivity (Wildman–Crippen MR) is 46.0 cm³/mol. The zero-order chi connectivity index (χ0) is 13.2. The van der Waals surface area contributed by atoms with Gasteiger partial charge in [-0.3, -0.25) is 4.79 Å². The number of carbonyl (C=O) groups excluding carboxylic acids is 1. The van der Waals surface area contributed by atoms with Crippen molar-refractivity contribution in [2.45, 2.75) is 18.8 Å². The highest BCUT2D eigenvalue weighted by Crippen LogP contribution is 2.25. The van der Waals surface area contributed by atoms with E-state index in [9.17, 15) is 31.1 Å². The molecule has 0 fully saturated rings. The van der Waals surface area contributed by atoms with Gasteiger partial charge in [0.15, 0.2) is 11.6 Å². The van der Waals surface area contributed by atoms with Crippen molar-refractivity contribution < 1.29 is 31.1 Å². The van der Waals surface area contributed by atoms with Crippen LogP contribution in [0.2, 0.25) is 0 Å². The lowest BCUT2D eigenvalue weighted by atomic mass is 10.0. The molecule has 0 aliphatic heterocycles. The van der Waals surface area contributed by atoms with Gasteiger partial charge in [0.25, 0.3) is 0 Å². The summed E-state index contributed by atoms with van der Waals surface area (Å²) in [6.45, 7) is 0. The SMILES string of the molecule is O=C(Cc1ccc(F)c(F)c1)C(F)(F)C(F)F. The van der Waals surface area contributed by atoms with Crippen LogP contribution in [0.3, 0.4) is 0 Å². The molecule has 7 heteroatoms. The lowest BCUT2D eigenvalue weighted by Gasteiger charge is -2.13. The number of alkyl halides is 4.